The maximum atomic E-state index is 13.2. The maximum absolute atomic E-state index is 13.2. The lowest BCUT2D eigenvalue weighted by molar-refractivity contribution is -0.136. The number of carbonyl (C=O) groups excluding carboxylic acids is 2. The molecule has 0 aromatic heterocycles. The van der Waals surface area contributed by atoms with Crippen LogP contribution in [0, 0.1) is 0 Å². The van der Waals surface area contributed by atoms with E-state index in [0.29, 0.717) is 24.4 Å². The third-order valence-electron chi connectivity index (χ3n) is 5.85. The van der Waals surface area contributed by atoms with E-state index in [0.717, 1.165) is 24.1 Å². The predicted molar refractivity (Wildman–Crippen MR) is 122 cm³/mol. The highest BCUT2D eigenvalue weighted by atomic mass is 32.2. The number of para-hydroxylation sites is 1. The molecule has 2 aliphatic rings. The second-order valence-electron chi connectivity index (χ2n) is 7.99. The molecule has 4 rings (SSSR count). The van der Waals surface area contributed by atoms with E-state index in [4.69, 9.17) is 0 Å². The molecule has 1 fully saturated rings. The van der Waals surface area contributed by atoms with E-state index < -0.39 is 16.1 Å². The van der Waals surface area contributed by atoms with Gasteiger partial charge in [-0.25, -0.2) is 0 Å². The summed E-state index contributed by atoms with van der Waals surface area (Å²) >= 11 is 0. The number of carbonyl (C=O) groups is 2. The van der Waals surface area contributed by atoms with Crippen LogP contribution in [-0.2, 0) is 26.0 Å². The molecule has 1 unspecified atom stereocenters. The lowest BCUT2D eigenvalue weighted by Gasteiger charge is -2.29. The van der Waals surface area contributed by atoms with E-state index in [1.165, 1.54) is 11.0 Å². The van der Waals surface area contributed by atoms with Gasteiger partial charge in [0, 0.05) is 24.8 Å². The Bertz CT molecular complexity index is 1190. The summed E-state index contributed by atoms with van der Waals surface area (Å²) in [6.07, 6.45) is 2.10. The second-order valence-corrected chi connectivity index (χ2v) is 9.56. The zero-order valence-corrected chi connectivity index (χ0v) is 18.9. The fraction of sp³-hybridized carbons (Fsp3) is 0.348. The van der Waals surface area contributed by atoms with Gasteiger partial charge in [-0.3, -0.25) is 9.59 Å². The van der Waals surface area contributed by atoms with Crippen LogP contribution < -0.4 is 5.32 Å². The SMILES string of the molecule is CCc1ccccc1NC(=O)CN(C)C(=O)C1CCCN1C1=NS(=O)(=O)c2ccccc21. The number of amidine groups is 1. The van der Waals surface area contributed by atoms with Crippen molar-refractivity contribution in [2.45, 2.75) is 37.1 Å². The summed E-state index contributed by atoms with van der Waals surface area (Å²) in [4.78, 5) is 29.1. The van der Waals surface area contributed by atoms with Gasteiger partial charge in [0.05, 0.1) is 6.54 Å². The van der Waals surface area contributed by atoms with Crippen LogP contribution in [0.15, 0.2) is 57.8 Å². The number of nitrogens with one attached hydrogen (secondary N) is 1. The molecule has 2 aromatic rings. The molecule has 1 atom stereocenters. The number of aryl methyl sites for hydroxylation is 1. The normalized spacial score (nSPS) is 18.8. The first-order valence-corrected chi connectivity index (χ1v) is 12.1. The van der Waals surface area contributed by atoms with Gasteiger partial charge in [0.25, 0.3) is 10.0 Å². The van der Waals surface area contributed by atoms with Crippen LogP contribution in [0.5, 0.6) is 0 Å². The van der Waals surface area contributed by atoms with E-state index in [-0.39, 0.29) is 23.3 Å². The summed E-state index contributed by atoms with van der Waals surface area (Å²) in [6.45, 7) is 2.45. The quantitative estimate of drug-likeness (QED) is 0.747. The Hall–Kier alpha value is -3.20. The molecule has 0 aliphatic carbocycles. The molecule has 9 heteroatoms. The summed E-state index contributed by atoms with van der Waals surface area (Å²) < 4.78 is 28.8. The van der Waals surface area contributed by atoms with Crippen LogP contribution in [0.4, 0.5) is 5.69 Å². The first-order valence-electron chi connectivity index (χ1n) is 10.7. The first kappa shape index (κ1) is 22.0. The average molecular weight is 455 g/mol. The lowest BCUT2D eigenvalue weighted by atomic mass is 10.1. The zero-order chi connectivity index (χ0) is 22.9. The van der Waals surface area contributed by atoms with Crippen molar-refractivity contribution in [2.75, 3.05) is 25.5 Å². The highest BCUT2D eigenvalue weighted by molar-refractivity contribution is 7.90. The molecule has 1 N–H and O–H groups in total. The number of fused-ring (bicyclic) bond motifs is 1. The third kappa shape index (κ3) is 4.12. The Morgan fingerprint density at radius 2 is 1.88 bits per heavy atom. The zero-order valence-electron chi connectivity index (χ0n) is 18.1. The van der Waals surface area contributed by atoms with Crippen LogP contribution in [-0.4, -0.2) is 62.0 Å². The molecule has 32 heavy (non-hydrogen) atoms. The van der Waals surface area contributed by atoms with Crippen molar-refractivity contribution >= 4 is 33.4 Å². The minimum atomic E-state index is -3.76. The molecule has 0 spiro atoms. The van der Waals surface area contributed by atoms with E-state index in [9.17, 15) is 18.0 Å². The van der Waals surface area contributed by atoms with Gasteiger partial charge in [-0.1, -0.05) is 37.3 Å². The highest BCUT2D eigenvalue weighted by Gasteiger charge is 2.40. The number of sulfonamides is 1. The first-order chi connectivity index (χ1) is 15.3. The van der Waals surface area contributed by atoms with Crippen molar-refractivity contribution in [3.8, 4) is 0 Å². The van der Waals surface area contributed by atoms with E-state index >= 15 is 0 Å². The minimum absolute atomic E-state index is 0.0947. The number of rotatable bonds is 5. The van der Waals surface area contributed by atoms with Gasteiger partial charge in [-0.15, -0.1) is 4.40 Å². The van der Waals surface area contributed by atoms with Gasteiger partial charge >= 0.3 is 0 Å². The van der Waals surface area contributed by atoms with Crippen LogP contribution in [0.3, 0.4) is 0 Å². The predicted octanol–water partition coefficient (Wildman–Crippen LogP) is 2.26. The monoisotopic (exact) mass is 454 g/mol. The van der Waals surface area contributed by atoms with Gasteiger partial charge in [0.2, 0.25) is 11.8 Å². The molecule has 0 bridgehead atoms. The van der Waals surface area contributed by atoms with Crippen LogP contribution in [0.25, 0.3) is 0 Å². The molecular formula is C23H26N4O4S. The summed E-state index contributed by atoms with van der Waals surface area (Å²) in [5.74, 6) is -0.200. The highest BCUT2D eigenvalue weighted by Crippen LogP contribution is 2.31. The number of hydrogen-bond acceptors (Lipinski definition) is 5. The Morgan fingerprint density at radius 3 is 2.66 bits per heavy atom. The van der Waals surface area contributed by atoms with Crippen LogP contribution in [0.2, 0.25) is 0 Å². The summed E-state index contributed by atoms with van der Waals surface area (Å²) in [5, 5.41) is 2.88. The maximum Gasteiger partial charge on any atom is 0.285 e. The number of anilines is 1. The number of benzene rings is 2. The summed E-state index contributed by atoms with van der Waals surface area (Å²) in [7, 11) is -2.18. The average Bonchev–Trinajstić information content (AvgIpc) is 3.36. The Morgan fingerprint density at radius 1 is 1.16 bits per heavy atom. The molecule has 2 aliphatic heterocycles. The third-order valence-corrected chi connectivity index (χ3v) is 7.18. The smallest absolute Gasteiger partial charge is 0.285 e. The van der Waals surface area contributed by atoms with Crippen molar-refractivity contribution in [3.05, 3.63) is 59.7 Å². The lowest BCUT2D eigenvalue weighted by Crippen LogP contribution is -2.48. The standard InChI is InChI=1S/C23H26N4O4S/c1-3-16-9-4-6-11-18(16)24-21(28)15-26(2)23(29)19-12-8-14-27(19)22-17-10-5-7-13-20(17)32(30,31)25-22/h4-7,9-11,13,19H,3,8,12,14-15H2,1-2H3,(H,24,28). The molecule has 0 radical (unpaired) electrons. The number of hydrogen-bond donors (Lipinski definition) is 1. The van der Waals surface area contributed by atoms with E-state index in [1.807, 2.05) is 31.2 Å². The number of nitrogens with zero attached hydrogens (tertiary/aromatic N) is 3. The fourth-order valence-electron chi connectivity index (χ4n) is 4.26. The minimum Gasteiger partial charge on any atom is -0.343 e. The van der Waals surface area contributed by atoms with Crippen molar-refractivity contribution in [2.24, 2.45) is 4.40 Å². The molecule has 1 saturated heterocycles. The Kier molecular flexibility index (Phi) is 6.01. The molecular weight excluding hydrogens is 428 g/mol. The summed E-state index contributed by atoms with van der Waals surface area (Å²) in [6, 6.07) is 13.7. The van der Waals surface area contributed by atoms with E-state index in [2.05, 4.69) is 9.71 Å². The molecule has 2 aromatic carbocycles. The largest absolute Gasteiger partial charge is 0.343 e. The molecule has 168 valence electrons. The molecule has 0 saturated carbocycles. The Balaban J connectivity index is 1.48. The number of likely N-dealkylation sites (tertiary alicyclic amines) is 1. The van der Waals surface area contributed by atoms with Crippen LogP contribution >= 0.6 is 0 Å². The van der Waals surface area contributed by atoms with E-state index in [1.54, 1.807) is 30.1 Å². The molecule has 8 nitrogen and oxygen atoms in total. The molecule has 2 amide bonds. The van der Waals surface area contributed by atoms with Gasteiger partial charge < -0.3 is 15.1 Å². The van der Waals surface area contributed by atoms with Crippen LogP contribution in [0.1, 0.15) is 30.9 Å². The van der Waals surface area contributed by atoms with Gasteiger partial charge in [-0.05, 0) is 43.0 Å². The molecule has 2 heterocycles. The fourth-order valence-corrected chi connectivity index (χ4v) is 5.48. The van der Waals surface area contributed by atoms with Crippen molar-refractivity contribution < 1.29 is 18.0 Å². The summed E-state index contributed by atoms with van der Waals surface area (Å²) in [5.41, 5.74) is 2.28. The number of amides is 2. The van der Waals surface area contributed by atoms with Gasteiger partial charge in [-0.2, -0.15) is 8.42 Å². The van der Waals surface area contributed by atoms with Crippen molar-refractivity contribution in [3.63, 3.8) is 0 Å². The Labute approximate surface area is 188 Å². The number of likely N-dealkylation sites (N-methyl/N-ethyl adjacent to an activating group) is 1. The van der Waals surface area contributed by atoms with Gasteiger partial charge in [0.1, 0.15) is 10.9 Å². The van der Waals surface area contributed by atoms with Gasteiger partial charge in [0.15, 0.2) is 5.84 Å². The second kappa shape index (κ2) is 8.74. The van der Waals surface area contributed by atoms with Crippen molar-refractivity contribution in [1.82, 2.24) is 9.80 Å². The van der Waals surface area contributed by atoms with Crippen molar-refractivity contribution in [1.29, 1.82) is 0 Å². The topological polar surface area (TPSA) is 99.2 Å².